The zero-order valence-corrected chi connectivity index (χ0v) is 13.7. The highest BCUT2D eigenvalue weighted by molar-refractivity contribution is 9.10. The fourth-order valence-electron chi connectivity index (χ4n) is 2.14. The van der Waals surface area contributed by atoms with Gasteiger partial charge >= 0.3 is 0 Å². The van der Waals surface area contributed by atoms with Gasteiger partial charge in [0.15, 0.2) is 0 Å². The van der Waals surface area contributed by atoms with Gasteiger partial charge in [-0.1, -0.05) is 22.9 Å². The first-order valence-corrected chi connectivity index (χ1v) is 7.77. The smallest absolute Gasteiger partial charge is 0.237 e. The summed E-state index contributed by atoms with van der Waals surface area (Å²) in [6, 6.07) is 9.20. The number of phenolic OH excluding ortho intramolecular Hbond substituents is 1. The number of halogens is 1. The van der Waals surface area contributed by atoms with Crippen molar-refractivity contribution < 1.29 is 9.84 Å². The number of hydrogen-bond acceptors (Lipinski definition) is 4. The van der Waals surface area contributed by atoms with E-state index in [1.165, 1.54) is 0 Å². The van der Waals surface area contributed by atoms with Crippen molar-refractivity contribution in [3.8, 4) is 11.6 Å². The van der Waals surface area contributed by atoms with Crippen LogP contribution in [0.3, 0.4) is 0 Å². The molecule has 1 atom stereocenters. The van der Waals surface area contributed by atoms with E-state index in [9.17, 15) is 5.11 Å². The van der Waals surface area contributed by atoms with Crippen LogP contribution in [0.1, 0.15) is 31.9 Å². The lowest BCUT2D eigenvalue weighted by Crippen LogP contribution is -2.11. The van der Waals surface area contributed by atoms with E-state index < -0.39 is 0 Å². The SMILES string of the molecule is CCOc1ncccc1NC(CC)c1cc(Br)ccc1O. The summed E-state index contributed by atoms with van der Waals surface area (Å²) in [5.41, 5.74) is 1.67. The van der Waals surface area contributed by atoms with Gasteiger partial charge in [0.05, 0.1) is 18.3 Å². The Kier molecular flexibility index (Phi) is 5.44. The Bertz CT molecular complexity index is 605. The van der Waals surface area contributed by atoms with E-state index in [2.05, 4.69) is 33.2 Å². The molecular formula is C16H19BrN2O2. The number of ether oxygens (including phenoxy) is 1. The summed E-state index contributed by atoms with van der Waals surface area (Å²) >= 11 is 3.44. The molecule has 0 bridgehead atoms. The summed E-state index contributed by atoms with van der Waals surface area (Å²) in [4.78, 5) is 4.23. The number of nitrogens with one attached hydrogen (secondary N) is 1. The number of benzene rings is 1. The number of rotatable bonds is 6. The lowest BCUT2D eigenvalue weighted by atomic mass is 10.0. The van der Waals surface area contributed by atoms with Gasteiger partial charge in [-0.05, 0) is 43.7 Å². The largest absolute Gasteiger partial charge is 0.508 e. The number of nitrogens with zero attached hydrogens (tertiary/aromatic N) is 1. The van der Waals surface area contributed by atoms with Gasteiger partial charge in [-0.15, -0.1) is 0 Å². The van der Waals surface area contributed by atoms with E-state index in [-0.39, 0.29) is 11.8 Å². The molecule has 0 fully saturated rings. The normalized spacial score (nSPS) is 12.0. The maximum atomic E-state index is 10.1. The molecule has 2 N–H and O–H groups in total. The molecule has 2 aromatic rings. The average Bonchev–Trinajstić information content (AvgIpc) is 2.49. The molecule has 0 radical (unpaired) electrons. The van der Waals surface area contributed by atoms with Gasteiger partial charge in [-0.25, -0.2) is 4.98 Å². The Hall–Kier alpha value is -1.75. The number of phenols is 1. The van der Waals surface area contributed by atoms with E-state index >= 15 is 0 Å². The number of aromatic hydroxyl groups is 1. The molecule has 112 valence electrons. The molecule has 0 saturated heterocycles. The Labute approximate surface area is 133 Å². The molecule has 2 rings (SSSR count). The van der Waals surface area contributed by atoms with Gasteiger partial charge in [0.2, 0.25) is 5.88 Å². The van der Waals surface area contributed by atoms with Crippen molar-refractivity contribution in [3.63, 3.8) is 0 Å². The van der Waals surface area contributed by atoms with Crippen LogP contribution >= 0.6 is 15.9 Å². The van der Waals surface area contributed by atoms with E-state index in [0.717, 1.165) is 22.1 Å². The van der Waals surface area contributed by atoms with Crippen LogP contribution in [-0.2, 0) is 0 Å². The van der Waals surface area contributed by atoms with E-state index in [0.29, 0.717) is 12.5 Å². The highest BCUT2D eigenvalue weighted by Crippen LogP contribution is 2.33. The molecular weight excluding hydrogens is 332 g/mol. The van der Waals surface area contributed by atoms with Crippen LogP contribution in [0.4, 0.5) is 5.69 Å². The minimum Gasteiger partial charge on any atom is -0.508 e. The van der Waals surface area contributed by atoms with Crippen LogP contribution in [0.25, 0.3) is 0 Å². The highest BCUT2D eigenvalue weighted by Gasteiger charge is 2.16. The summed E-state index contributed by atoms with van der Waals surface area (Å²) < 4.78 is 6.46. The third-order valence-electron chi connectivity index (χ3n) is 3.16. The second-order valence-electron chi connectivity index (χ2n) is 4.60. The second-order valence-corrected chi connectivity index (χ2v) is 5.51. The monoisotopic (exact) mass is 350 g/mol. The first kappa shape index (κ1) is 15.6. The van der Waals surface area contributed by atoms with Crippen molar-refractivity contribution >= 4 is 21.6 Å². The zero-order chi connectivity index (χ0) is 15.2. The lowest BCUT2D eigenvalue weighted by molar-refractivity contribution is 0.328. The summed E-state index contributed by atoms with van der Waals surface area (Å²) in [6.45, 7) is 4.55. The van der Waals surface area contributed by atoms with E-state index in [4.69, 9.17) is 4.74 Å². The molecule has 5 heteroatoms. The fraction of sp³-hybridized carbons (Fsp3) is 0.312. The van der Waals surface area contributed by atoms with Crippen LogP contribution in [0.15, 0.2) is 41.0 Å². The minimum absolute atomic E-state index is 0.0223. The molecule has 0 amide bonds. The first-order chi connectivity index (χ1) is 10.2. The molecule has 0 aliphatic carbocycles. The summed E-state index contributed by atoms with van der Waals surface area (Å²) in [7, 11) is 0. The van der Waals surface area contributed by atoms with Gasteiger partial charge in [0.25, 0.3) is 0 Å². The van der Waals surface area contributed by atoms with Gasteiger partial charge in [-0.2, -0.15) is 0 Å². The molecule has 1 aromatic carbocycles. The van der Waals surface area contributed by atoms with Gasteiger partial charge in [0.1, 0.15) is 5.75 Å². The van der Waals surface area contributed by atoms with E-state index in [1.807, 2.05) is 31.2 Å². The molecule has 4 nitrogen and oxygen atoms in total. The number of pyridine rings is 1. The lowest BCUT2D eigenvalue weighted by Gasteiger charge is -2.21. The number of aromatic nitrogens is 1. The molecule has 1 unspecified atom stereocenters. The van der Waals surface area contributed by atoms with Crippen LogP contribution in [0.5, 0.6) is 11.6 Å². The predicted molar refractivity (Wildman–Crippen MR) is 87.9 cm³/mol. The predicted octanol–water partition coefficient (Wildman–Crippen LogP) is 4.51. The number of anilines is 1. The number of hydrogen-bond donors (Lipinski definition) is 2. The molecule has 1 heterocycles. The molecule has 0 spiro atoms. The van der Waals surface area contributed by atoms with Crippen molar-refractivity contribution in [2.45, 2.75) is 26.3 Å². The third-order valence-corrected chi connectivity index (χ3v) is 3.65. The van der Waals surface area contributed by atoms with Crippen LogP contribution < -0.4 is 10.1 Å². The van der Waals surface area contributed by atoms with Crippen LogP contribution in [0, 0.1) is 0 Å². The Morgan fingerprint density at radius 2 is 2.14 bits per heavy atom. The second kappa shape index (κ2) is 7.31. The maximum Gasteiger partial charge on any atom is 0.237 e. The molecule has 0 aliphatic rings. The Morgan fingerprint density at radius 3 is 2.86 bits per heavy atom. The van der Waals surface area contributed by atoms with Gasteiger partial charge in [0, 0.05) is 16.2 Å². The van der Waals surface area contributed by atoms with Crippen molar-refractivity contribution in [2.75, 3.05) is 11.9 Å². The standard InChI is InChI=1S/C16H19BrN2O2/c1-3-13(12-10-11(17)7-8-15(12)20)19-14-6-5-9-18-16(14)21-4-2/h5-10,13,19-20H,3-4H2,1-2H3. The van der Waals surface area contributed by atoms with Crippen LogP contribution in [0.2, 0.25) is 0 Å². The van der Waals surface area contributed by atoms with Crippen molar-refractivity contribution in [2.24, 2.45) is 0 Å². The fourth-order valence-corrected chi connectivity index (χ4v) is 2.52. The maximum absolute atomic E-state index is 10.1. The summed E-state index contributed by atoms with van der Waals surface area (Å²) in [5, 5.41) is 13.5. The molecule has 0 saturated carbocycles. The van der Waals surface area contributed by atoms with Gasteiger partial charge < -0.3 is 15.2 Å². The topological polar surface area (TPSA) is 54.4 Å². The van der Waals surface area contributed by atoms with Crippen molar-refractivity contribution in [3.05, 3.63) is 46.6 Å². The Balaban J connectivity index is 2.29. The van der Waals surface area contributed by atoms with Crippen LogP contribution in [-0.4, -0.2) is 16.7 Å². The van der Waals surface area contributed by atoms with Gasteiger partial charge in [-0.3, -0.25) is 0 Å². The van der Waals surface area contributed by atoms with Crippen molar-refractivity contribution in [1.29, 1.82) is 0 Å². The quantitative estimate of drug-likeness (QED) is 0.804. The highest BCUT2D eigenvalue weighted by atomic mass is 79.9. The van der Waals surface area contributed by atoms with Crippen molar-refractivity contribution in [1.82, 2.24) is 4.98 Å². The summed E-state index contributed by atoms with van der Waals surface area (Å²) in [5.74, 6) is 0.854. The first-order valence-electron chi connectivity index (χ1n) is 6.98. The molecule has 0 aliphatic heterocycles. The Morgan fingerprint density at radius 1 is 1.33 bits per heavy atom. The summed E-state index contributed by atoms with van der Waals surface area (Å²) in [6.07, 6.45) is 2.53. The van der Waals surface area contributed by atoms with E-state index in [1.54, 1.807) is 12.3 Å². The minimum atomic E-state index is -0.0223. The molecule has 1 aromatic heterocycles. The zero-order valence-electron chi connectivity index (χ0n) is 12.1. The average molecular weight is 351 g/mol. The third kappa shape index (κ3) is 3.88. The molecule has 21 heavy (non-hydrogen) atoms.